The molecular formula is C21H25NO5. The Bertz CT molecular complexity index is 748. The van der Waals surface area contributed by atoms with Gasteiger partial charge in [-0.3, -0.25) is 9.59 Å². The third-order valence-electron chi connectivity index (χ3n) is 4.12. The maximum Gasteiger partial charge on any atom is 0.220 e. The topological polar surface area (TPSA) is 73.9 Å². The van der Waals surface area contributed by atoms with Gasteiger partial charge in [0.05, 0.1) is 21.3 Å². The quantitative estimate of drug-likeness (QED) is 0.648. The largest absolute Gasteiger partial charge is 0.497 e. The zero-order valence-electron chi connectivity index (χ0n) is 15.9. The average Bonchev–Trinajstić information content (AvgIpc) is 2.71. The number of ether oxygens (including phenoxy) is 3. The highest BCUT2D eigenvalue weighted by atomic mass is 16.5. The van der Waals surface area contributed by atoms with Gasteiger partial charge in [0.2, 0.25) is 5.91 Å². The molecule has 0 fully saturated rings. The SMILES string of the molecule is COc1ccc(C(=O)CCCC(=O)NCc2cc(OC)cc(OC)c2)cc1. The highest BCUT2D eigenvalue weighted by molar-refractivity contribution is 5.96. The summed E-state index contributed by atoms with van der Waals surface area (Å²) in [5, 5.41) is 2.85. The Hall–Kier alpha value is -3.02. The van der Waals surface area contributed by atoms with E-state index in [0.29, 0.717) is 48.6 Å². The second-order valence-corrected chi connectivity index (χ2v) is 6.00. The summed E-state index contributed by atoms with van der Waals surface area (Å²) in [4.78, 5) is 24.2. The minimum absolute atomic E-state index is 0.0167. The molecule has 0 aliphatic heterocycles. The number of benzene rings is 2. The van der Waals surface area contributed by atoms with Gasteiger partial charge >= 0.3 is 0 Å². The summed E-state index contributed by atoms with van der Waals surface area (Å²) >= 11 is 0. The van der Waals surface area contributed by atoms with Crippen LogP contribution in [-0.4, -0.2) is 33.0 Å². The van der Waals surface area contributed by atoms with Crippen LogP contribution in [-0.2, 0) is 11.3 Å². The van der Waals surface area contributed by atoms with Gasteiger partial charge in [0.25, 0.3) is 0 Å². The van der Waals surface area contributed by atoms with E-state index in [1.54, 1.807) is 51.7 Å². The zero-order chi connectivity index (χ0) is 19.6. The van der Waals surface area contributed by atoms with E-state index in [4.69, 9.17) is 14.2 Å². The van der Waals surface area contributed by atoms with Crippen LogP contribution in [0.3, 0.4) is 0 Å². The first-order valence-corrected chi connectivity index (χ1v) is 8.71. The Morgan fingerprint density at radius 1 is 0.815 bits per heavy atom. The number of carbonyl (C=O) groups excluding carboxylic acids is 2. The Labute approximate surface area is 159 Å². The molecule has 0 bridgehead atoms. The van der Waals surface area contributed by atoms with Crippen LogP contribution in [0.4, 0.5) is 0 Å². The minimum atomic E-state index is -0.0979. The summed E-state index contributed by atoms with van der Waals surface area (Å²) in [7, 11) is 4.74. The van der Waals surface area contributed by atoms with E-state index in [2.05, 4.69) is 5.32 Å². The number of carbonyl (C=O) groups is 2. The Morgan fingerprint density at radius 2 is 1.41 bits per heavy atom. The smallest absolute Gasteiger partial charge is 0.220 e. The van der Waals surface area contributed by atoms with E-state index < -0.39 is 0 Å². The van der Waals surface area contributed by atoms with Crippen LogP contribution in [0.15, 0.2) is 42.5 Å². The zero-order valence-corrected chi connectivity index (χ0v) is 15.9. The van der Waals surface area contributed by atoms with Crippen molar-refractivity contribution in [3.05, 3.63) is 53.6 Å². The van der Waals surface area contributed by atoms with Gasteiger partial charge in [-0.05, 0) is 48.4 Å². The fourth-order valence-corrected chi connectivity index (χ4v) is 2.59. The van der Waals surface area contributed by atoms with E-state index >= 15 is 0 Å². The molecule has 0 radical (unpaired) electrons. The first kappa shape index (κ1) is 20.3. The van der Waals surface area contributed by atoms with Gasteiger partial charge in [-0.15, -0.1) is 0 Å². The van der Waals surface area contributed by atoms with E-state index in [1.165, 1.54) is 0 Å². The number of methoxy groups -OCH3 is 3. The summed E-state index contributed by atoms with van der Waals surface area (Å²) < 4.78 is 15.5. The van der Waals surface area contributed by atoms with Crippen LogP contribution >= 0.6 is 0 Å². The van der Waals surface area contributed by atoms with Crippen molar-refractivity contribution in [2.24, 2.45) is 0 Å². The van der Waals surface area contributed by atoms with Crippen molar-refractivity contribution in [2.45, 2.75) is 25.8 Å². The van der Waals surface area contributed by atoms with Gasteiger partial charge in [0.1, 0.15) is 17.2 Å². The first-order valence-electron chi connectivity index (χ1n) is 8.71. The first-order chi connectivity index (χ1) is 13.0. The molecule has 0 aromatic heterocycles. The molecule has 0 aliphatic rings. The highest BCUT2D eigenvalue weighted by Crippen LogP contribution is 2.22. The molecule has 144 valence electrons. The van der Waals surface area contributed by atoms with E-state index in [9.17, 15) is 9.59 Å². The van der Waals surface area contributed by atoms with Crippen molar-refractivity contribution in [1.29, 1.82) is 0 Å². The summed E-state index contributed by atoms with van der Waals surface area (Å²) in [5.74, 6) is 1.97. The van der Waals surface area contributed by atoms with Crippen molar-refractivity contribution >= 4 is 11.7 Å². The van der Waals surface area contributed by atoms with Gasteiger partial charge in [-0.25, -0.2) is 0 Å². The van der Waals surface area contributed by atoms with Gasteiger partial charge in [-0.2, -0.15) is 0 Å². The number of ketones is 1. The summed E-state index contributed by atoms with van der Waals surface area (Å²) in [6.45, 7) is 0.374. The number of rotatable bonds is 10. The monoisotopic (exact) mass is 371 g/mol. The molecule has 6 heteroatoms. The van der Waals surface area contributed by atoms with Crippen molar-refractivity contribution in [2.75, 3.05) is 21.3 Å². The molecule has 0 saturated heterocycles. The Balaban J connectivity index is 1.76. The molecule has 0 saturated carbocycles. The van der Waals surface area contributed by atoms with Crippen molar-refractivity contribution in [1.82, 2.24) is 5.32 Å². The molecule has 0 spiro atoms. The van der Waals surface area contributed by atoms with Crippen LogP contribution in [0.25, 0.3) is 0 Å². The average molecular weight is 371 g/mol. The van der Waals surface area contributed by atoms with Crippen molar-refractivity contribution < 1.29 is 23.8 Å². The van der Waals surface area contributed by atoms with Crippen LogP contribution < -0.4 is 19.5 Å². The lowest BCUT2D eigenvalue weighted by Gasteiger charge is -2.09. The Kier molecular flexibility index (Phi) is 7.67. The minimum Gasteiger partial charge on any atom is -0.497 e. The molecule has 1 N–H and O–H groups in total. The van der Waals surface area contributed by atoms with Crippen LogP contribution in [0, 0.1) is 0 Å². The molecular weight excluding hydrogens is 346 g/mol. The molecule has 0 heterocycles. The third-order valence-corrected chi connectivity index (χ3v) is 4.12. The second-order valence-electron chi connectivity index (χ2n) is 6.00. The normalized spacial score (nSPS) is 10.2. The predicted octanol–water partition coefficient (Wildman–Crippen LogP) is 3.38. The fraction of sp³-hybridized carbons (Fsp3) is 0.333. The van der Waals surface area contributed by atoms with E-state index in [-0.39, 0.29) is 11.7 Å². The third kappa shape index (κ3) is 6.33. The maximum absolute atomic E-state index is 12.1. The number of hydrogen-bond donors (Lipinski definition) is 1. The van der Waals surface area contributed by atoms with Crippen LogP contribution in [0.2, 0.25) is 0 Å². The summed E-state index contributed by atoms with van der Waals surface area (Å²) in [6, 6.07) is 12.4. The fourth-order valence-electron chi connectivity index (χ4n) is 2.59. The van der Waals surface area contributed by atoms with E-state index in [0.717, 1.165) is 5.56 Å². The molecule has 1 amide bonds. The molecule has 27 heavy (non-hydrogen) atoms. The molecule has 6 nitrogen and oxygen atoms in total. The van der Waals surface area contributed by atoms with Crippen LogP contribution in [0.5, 0.6) is 17.2 Å². The molecule has 2 rings (SSSR count). The number of nitrogens with one attached hydrogen (secondary N) is 1. The lowest BCUT2D eigenvalue weighted by atomic mass is 10.1. The van der Waals surface area contributed by atoms with Crippen LogP contribution in [0.1, 0.15) is 35.2 Å². The lowest BCUT2D eigenvalue weighted by Crippen LogP contribution is -2.22. The van der Waals surface area contributed by atoms with Gasteiger partial charge in [-0.1, -0.05) is 0 Å². The standard InChI is InChI=1S/C21H25NO5/c1-25-17-9-7-16(8-10-17)20(23)5-4-6-21(24)22-14-15-11-18(26-2)13-19(12-15)27-3/h7-13H,4-6,14H2,1-3H3,(H,22,24). The van der Waals surface area contributed by atoms with Gasteiger partial charge in [0, 0.05) is 31.0 Å². The molecule has 0 atom stereocenters. The summed E-state index contributed by atoms with van der Waals surface area (Å²) in [6.07, 6.45) is 1.12. The summed E-state index contributed by atoms with van der Waals surface area (Å²) in [5.41, 5.74) is 1.51. The van der Waals surface area contributed by atoms with Crippen molar-refractivity contribution in [3.63, 3.8) is 0 Å². The van der Waals surface area contributed by atoms with Gasteiger partial charge < -0.3 is 19.5 Å². The highest BCUT2D eigenvalue weighted by Gasteiger charge is 2.09. The number of amides is 1. The van der Waals surface area contributed by atoms with E-state index in [1.807, 2.05) is 12.1 Å². The lowest BCUT2D eigenvalue weighted by molar-refractivity contribution is -0.121. The molecule has 2 aromatic rings. The molecule has 0 aliphatic carbocycles. The Morgan fingerprint density at radius 3 is 1.96 bits per heavy atom. The second kappa shape index (κ2) is 10.2. The van der Waals surface area contributed by atoms with Crippen molar-refractivity contribution in [3.8, 4) is 17.2 Å². The number of hydrogen-bond acceptors (Lipinski definition) is 5. The molecule has 2 aromatic carbocycles. The predicted molar refractivity (Wildman–Crippen MR) is 103 cm³/mol. The number of Topliss-reactive ketones (excluding diaryl/α,β-unsaturated/α-hetero) is 1. The maximum atomic E-state index is 12.1. The molecule has 0 unspecified atom stereocenters. The van der Waals surface area contributed by atoms with Gasteiger partial charge in [0.15, 0.2) is 5.78 Å².